The smallest absolute Gasteiger partial charge is 0.410 e. The number of rotatable bonds is 6. The zero-order valence-electron chi connectivity index (χ0n) is 24.9. The number of amides is 1. The van der Waals surface area contributed by atoms with Crippen LogP contribution in [0.3, 0.4) is 0 Å². The van der Waals surface area contributed by atoms with Crippen molar-refractivity contribution in [2.45, 2.75) is 58.7 Å². The summed E-state index contributed by atoms with van der Waals surface area (Å²) in [5.74, 6) is -0.157. The van der Waals surface area contributed by atoms with Gasteiger partial charge in [-0.2, -0.15) is 5.10 Å². The average Bonchev–Trinajstić information content (AvgIpc) is 3.58. The van der Waals surface area contributed by atoms with Crippen LogP contribution in [0.5, 0.6) is 0 Å². The number of ether oxygens (including phenoxy) is 2. The van der Waals surface area contributed by atoms with Crippen LogP contribution in [-0.4, -0.2) is 46.6 Å². The molecule has 1 aliphatic carbocycles. The van der Waals surface area contributed by atoms with Crippen molar-refractivity contribution in [3.63, 3.8) is 0 Å². The van der Waals surface area contributed by atoms with Gasteiger partial charge in [-0.25, -0.2) is 13.9 Å². The molecule has 0 radical (unpaired) electrons. The second kappa shape index (κ2) is 10.6. The third kappa shape index (κ3) is 5.35. The fourth-order valence-electron chi connectivity index (χ4n) is 6.65. The van der Waals surface area contributed by atoms with E-state index in [0.29, 0.717) is 19.5 Å². The quantitative estimate of drug-likeness (QED) is 0.295. The van der Waals surface area contributed by atoms with Gasteiger partial charge in [-0.3, -0.25) is 0 Å². The van der Waals surface area contributed by atoms with Crippen molar-refractivity contribution in [2.24, 2.45) is 11.3 Å². The molecule has 0 N–H and O–H groups in total. The van der Waals surface area contributed by atoms with Gasteiger partial charge in [-0.15, -0.1) is 0 Å². The summed E-state index contributed by atoms with van der Waals surface area (Å²) in [6, 6.07) is 16.7. The van der Waals surface area contributed by atoms with Crippen LogP contribution in [0.1, 0.15) is 57.4 Å². The molecular formula is C34H40FN3O3. The first-order valence-electron chi connectivity index (χ1n) is 14.1. The second-order valence-corrected chi connectivity index (χ2v) is 12.6. The Kier molecular flexibility index (Phi) is 7.45. The van der Waals surface area contributed by atoms with Gasteiger partial charge in [-0.05, 0) is 106 Å². The monoisotopic (exact) mass is 557 g/mol. The van der Waals surface area contributed by atoms with Crippen molar-refractivity contribution >= 4 is 12.2 Å². The molecule has 7 heteroatoms. The van der Waals surface area contributed by atoms with Crippen molar-refractivity contribution in [3.05, 3.63) is 101 Å². The summed E-state index contributed by atoms with van der Waals surface area (Å²) >= 11 is 0. The van der Waals surface area contributed by atoms with Crippen LogP contribution < -0.4 is 0 Å². The third-order valence-corrected chi connectivity index (χ3v) is 8.72. The Morgan fingerprint density at radius 2 is 1.83 bits per heavy atom. The highest BCUT2D eigenvalue weighted by molar-refractivity contribution is 5.70. The fourth-order valence-corrected chi connectivity index (χ4v) is 6.65. The molecule has 216 valence electrons. The van der Waals surface area contributed by atoms with Crippen molar-refractivity contribution in [1.29, 1.82) is 0 Å². The Balaban J connectivity index is 1.53. The van der Waals surface area contributed by atoms with E-state index in [2.05, 4.69) is 36.8 Å². The van der Waals surface area contributed by atoms with Gasteiger partial charge >= 0.3 is 6.09 Å². The topological polar surface area (TPSA) is 56.6 Å². The maximum atomic E-state index is 13.6. The van der Waals surface area contributed by atoms with Crippen LogP contribution in [0, 0.1) is 24.1 Å². The van der Waals surface area contributed by atoms with E-state index in [-0.39, 0.29) is 17.8 Å². The predicted octanol–water partition coefficient (Wildman–Crippen LogP) is 7.47. The molecule has 2 aromatic carbocycles. The van der Waals surface area contributed by atoms with E-state index in [1.165, 1.54) is 12.1 Å². The molecule has 6 nitrogen and oxygen atoms in total. The Bertz CT molecular complexity index is 1470. The number of likely N-dealkylation sites (tertiary alicyclic amines) is 1. The van der Waals surface area contributed by atoms with Crippen molar-refractivity contribution in [3.8, 4) is 5.69 Å². The molecule has 1 saturated carbocycles. The molecule has 1 aromatic heterocycles. The number of benzene rings is 2. The molecule has 3 aromatic rings. The first-order chi connectivity index (χ1) is 19.4. The van der Waals surface area contributed by atoms with E-state index in [0.717, 1.165) is 40.1 Å². The molecule has 3 atom stereocenters. The lowest BCUT2D eigenvalue weighted by Crippen LogP contribution is -2.39. The summed E-state index contributed by atoms with van der Waals surface area (Å²) < 4.78 is 27.5. The first kappa shape index (κ1) is 28.8. The van der Waals surface area contributed by atoms with Gasteiger partial charge in [0.25, 0.3) is 0 Å². The summed E-state index contributed by atoms with van der Waals surface area (Å²) in [5, 5.41) is 4.57. The number of nitrogens with zero attached hydrogens (tertiary/aromatic N) is 3. The second-order valence-electron chi connectivity index (χ2n) is 12.6. The number of fused-ring (bicyclic) bond motifs is 1. The van der Waals surface area contributed by atoms with Gasteiger partial charge in [0, 0.05) is 25.6 Å². The Morgan fingerprint density at radius 3 is 2.46 bits per heavy atom. The Labute approximate surface area is 242 Å². The minimum absolute atomic E-state index is 0.133. The zero-order valence-corrected chi connectivity index (χ0v) is 24.9. The number of hydrogen-bond acceptors (Lipinski definition) is 4. The normalized spacial score (nSPS) is 24.4. The zero-order chi connectivity index (χ0) is 29.6. The van der Waals surface area contributed by atoms with Gasteiger partial charge in [0.15, 0.2) is 0 Å². The van der Waals surface area contributed by atoms with Crippen molar-refractivity contribution in [1.82, 2.24) is 14.7 Å². The minimum atomic E-state index is -0.578. The maximum absolute atomic E-state index is 13.6. The molecule has 2 heterocycles. The molecule has 0 unspecified atom stereocenters. The first-order valence-corrected chi connectivity index (χ1v) is 14.1. The Morgan fingerprint density at radius 1 is 1.15 bits per heavy atom. The molecule has 41 heavy (non-hydrogen) atoms. The standard InChI is InChI=1S/C34H40FN3O3/c1-23(17-30-24(2)19-36-38(30)29-15-13-28(35)14-16-29)25(3)33-21-34(40-7,26-11-9-8-10-12-26)18-27(33)20-37(22-33)31(39)41-32(4,5)6/h8-17,19,27H,3,18,20-22H2,1-2,4-7H3/b23-17-/t27-,33+,34-/m1/s1. The minimum Gasteiger partial charge on any atom is -0.444 e. The SMILES string of the molecule is C=C(/C(C)=C\c1c(C)cnn1-c1ccc(F)cc1)[C@]12CN(C(=O)OC(C)(C)C)C[C@H]1C[C@](OC)(c1ccccc1)C2. The molecule has 0 bridgehead atoms. The molecule has 5 rings (SSSR count). The highest BCUT2D eigenvalue weighted by atomic mass is 19.1. The van der Waals surface area contributed by atoms with E-state index < -0.39 is 16.6 Å². The van der Waals surface area contributed by atoms with E-state index in [1.54, 1.807) is 19.2 Å². The summed E-state index contributed by atoms with van der Waals surface area (Å²) in [6.07, 6.45) is 5.09. The van der Waals surface area contributed by atoms with Gasteiger partial charge in [0.1, 0.15) is 11.4 Å². The lowest BCUT2D eigenvalue weighted by molar-refractivity contribution is -0.0239. The molecule has 0 spiro atoms. The molecule has 1 aliphatic heterocycles. The van der Waals surface area contributed by atoms with Crippen LogP contribution in [0.15, 0.2) is 78.5 Å². The van der Waals surface area contributed by atoms with Crippen molar-refractivity contribution < 1.29 is 18.7 Å². The number of aryl methyl sites for hydroxylation is 1. The summed E-state index contributed by atoms with van der Waals surface area (Å²) in [7, 11) is 1.78. The van der Waals surface area contributed by atoms with E-state index in [1.807, 2.05) is 61.7 Å². The number of aromatic nitrogens is 2. The maximum Gasteiger partial charge on any atom is 0.410 e. The third-order valence-electron chi connectivity index (χ3n) is 8.72. The van der Waals surface area contributed by atoms with Crippen LogP contribution in [0.4, 0.5) is 9.18 Å². The van der Waals surface area contributed by atoms with Crippen LogP contribution in [0.25, 0.3) is 11.8 Å². The van der Waals surface area contributed by atoms with Crippen molar-refractivity contribution in [2.75, 3.05) is 20.2 Å². The van der Waals surface area contributed by atoms with E-state index >= 15 is 0 Å². The highest BCUT2D eigenvalue weighted by Crippen LogP contribution is 2.62. The molecule has 2 aliphatic rings. The van der Waals surface area contributed by atoms with Gasteiger partial charge in [-0.1, -0.05) is 36.9 Å². The number of allylic oxidation sites excluding steroid dienone is 1. The average molecular weight is 558 g/mol. The summed E-state index contributed by atoms with van der Waals surface area (Å²) in [6.45, 7) is 15.5. The number of carbonyl (C=O) groups excluding carboxylic acids is 1. The van der Waals surface area contributed by atoms with E-state index in [9.17, 15) is 9.18 Å². The Hall–Kier alpha value is -3.71. The van der Waals surface area contributed by atoms with Crippen LogP contribution in [0.2, 0.25) is 0 Å². The number of carbonyl (C=O) groups is 1. The van der Waals surface area contributed by atoms with Gasteiger partial charge in [0.05, 0.1) is 23.2 Å². The largest absolute Gasteiger partial charge is 0.444 e. The van der Waals surface area contributed by atoms with Crippen LogP contribution in [-0.2, 0) is 15.1 Å². The fraction of sp³-hybridized carbons (Fsp3) is 0.412. The summed E-state index contributed by atoms with van der Waals surface area (Å²) in [4.78, 5) is 15.1. The number of methoxy groups -OCH3 is 1. The molecule has 1 amide bonds. The lowest BCUT2D eigenvalue weighted by Gasteiger charge is -2.36. The number of halogens is 1. The number of hydrogen-bond donors (Lipinski definition) is 0. The molecule has 2 fully saturated rings. The van der Waals surface area contributed by atoms with Gasteiger partial charge in [0.2, 0.25) is 0 Å². The predicted molar refractivity (Wildman–Crippen MR) is 159 cm³/mol. The van der Waals surface area contributed by atoms with E-state index in [4.69, 9.17) is 9.47 Å². The summed E-state index contributed by atoms with van der Waals surface area (Å²) in [5.41, 5.74) is 4.34. The highest BCUT2D eigenvalue weighted by Gasteiger charge is 2.61. The molecule has 1 saturated heterocycles. The lowest BCUT2D eigenvalue weighted by atomic mass is 9.71. The van der Waals surface area contributed by atoms with Gasteiger partial charge < -0.3 is 14.4 Å². The molecular weight excluding hydrogens is 517 g/mol. The van der Waals surface area contributed by atoms with Crippen LogP contribution >= 0.6 is 0 Å².